The van der Waals surface area contributed by atoms with Gasteiger partial charge in [0.2, 0.25) is 5.91 Å². The second-order valence-electron chi connectivity index (χ2n) is 4.91. The van der Waals surface area contributed by atoms with E-state index in [4.69, 9.17) is 9.84 Å². The molecule has 16 heavy (non-hydrogen) atoms. The molecule has 1 saturated carbocycles. The van der Waals surface area contributed by atoms with Crippen LogP contribution in [-0.4, -0.2) is 35.7 Å². The predicted molar refractivity (Wildman–Crippen MR) is 55.8 cm³/mol. The highest BCUT2D eigenvalue weighted by Crippen LogP contribution is 2.38. The van der Waals surface area contributed by atoms with Crippen molar-refractivity contribution in [3.8, 4) is 0 Å². The van der Waals surface area contributed by atoms with E-state index in [9.17, 15) is 9.59 Å². The van der Waals surface area contributed by atoms with Crippen LogP contribution in [0.3, 0.4) is 0 Å². The van der Waals surface area contributed by atoms with Crippen LogP contribution in [0.4, 0.5) is 0 Å². The number of carbonyl (C=O) groups excluding carboxylic acids is 1. The highest BCUT2D eigenvalue weighted by Gasteiger charge is 2.48. The van der Waals surface area contributed by atoms with Crippen molar-refractivity contribution < 1.29 is 19.4 Å². The Labute approximate surface area is 94.2 Å². The monoisotopic (exact) mass is 227 g/mol. The van der Waals surface area contributed by atoms with Crippen molar-refractivity contribution in [2.45, 2.75) is 31.8 Å². The number of aliphatic carboxylic acids is 1. The summed E-state index contributed by atoms with van der Waals surface area (Å²) in [6.45, 7) is 3.20. The molecule has 1 aliphatic carbocycles. The number of carbonyl (C=O) groups is 2. The van der Waals surface area contributed by atoms with Crippen molar-refractivity contribution in [3.05, 3.63) is 0 Å². The highest BCUT2D eigenvalue weighted by atomic mass is 16.5. The number of carboxylic acids is 1. The van der Waals surface area contributed by atoms with Crippen molar-refractivity contribution in [2.24, 2.45) is 11.8 Å². The second-order valence-corrected chi connectivity index (χ2v) is 4.91. The lowest BCUT2D eigenvalue weighted by Crippen LogP contribution is -2.41. The number of carboxylic acid groups (broad SMARTS) is 1. The third-order valence-corrected chi connectivity index (χ3v) is 3.38. The SMILES string of the molecule is CC1(CNC(=O)[C@@H]2C[C@@H]2C(=O)O)CCCO1. The zero-order valence-electron chi connectivity index (χ0n) is 9.36. The minimum Gasteiger partial charge on any atom is -0.481 e. The zero-order valence-corrected chi connectivity index (χ0v) is 9.36. The van der Waals surface area contributed by atoms with Gasteiger partial charge >= 0.3 is 5.97 Å². The first-order valence-electron chi connectivity index (χ1n) is 5.66. The van der Waals surface area contributed by atoms with E-state index in [1.807, 2.05) is 6.92 Å². The maximum absolute atomic E-state index is 11.6. The topological polar surface area (TPSA) is 75.6 Å². The molecule has 90 valence electrons. The third kappa shape index (κ3) is 2.35. The molecule has 1 saturated heterocycles. The number of rotatable bonds is 4. The molecule has 0 bridgehead atoms. The van der Waals surface area contributed by atoms with Gasteiger partial charge in [-0.15, -0.1) is 0 Å². The quantitative estimate of drug-likeness (QED) is 0.728. The summed E-state index contributed by atoms with van der Waals surface area (Å²) in [5, 5.41) is 11.5. The molecule has 5 heteroatoms. The van der Waals surface area contributed by atoms with Crippen LogP contribution >= 0.6 is 0 Å². The van der Waals surface area contributed by atoms with Crippen molar-refractivity contribution in [3.63, 3.8) is 0 Å². The molecule has 1 amide bonds. The van der Waals surface area contributed by atoms with Gasteiger partial charge in [-0.1, -0.05) is 0 Å². The van der Waals surface area contributed by atoms with Gasteiger partial charge in [0.1, 0.15) is 0 Å². The van der Waals surface area contributed by atoms with E-state index in [-0.39, 0.29) is 17.4 Å². The lowest BCUT2D eigenvalue weighted by molar-refractivity contribution is -0.140. The lowest BCUT2D eigenvalue weighted by atomic mass is 10.0. The number of hydrogen-bond acceptors (Lipinski definition) is 3. The van der Waals surface area contributed by atoms with Gasteiger partial charge in [-0.25, -0.2) is 0 Å². The van der Waals surface area contributed by atoms with Crippen LogP contribution in [0.2, 0.25) is 0 Å². The van der Waals surface area contributed by atoms with Crippen LogP contribution in [0.1, 0.15) is 26.2 Å². The van der Waals surface area contributed by atoms with Gasteiger partial charge < -0.3 is 15.2 Å². The van der Waals surface area contributed by atoms with Gasteiger partial charge in [0.05, 0.1) is 17.4 Å². The second kappa shape index (κ2) is 4.05. The predicted octanol–water partition coefficient (Wildman–Crippen LogP) is 0.392. The Bertz CT molecular complexity index is 309. The Balaban J connectivity index is 1.75. The molecule has 0 aromatic carbocycles. The third-order valence-electron chi connectivity index (χ3n) is 3.38. The van der Waals surface area contributed by atoms with E-state index in [0.717, 1.165) is 19.4 Å². The van der Waals surface area contributed by atoms with E-state index in [2.05, 4.69) is 5.32 Å². The van der Waals surface area contributed by atoms with Crippen LogP contribution in [0.25, 0.3) is 0 Å². The molecule has 2 aliphatic rings. The van der Waals surface area contributed by atoms with E-state index in [1.165, 1.54) is 0 Å². The first kappa shape index (κ1) is 11.4. The summed E-state index contributed by atoms with van der Waals surface area (Å²) in [6, 6.07) is 0. The molecular weight excluding hydrogens is 210 g/mol. The first-order chi connectivity index (χ1) is 7.52. The molecule has 0 aromatic rings. The minimum atomic E-state index is -0.872. The molecule has 0 aromatic heterocycles. The zero-order chi connectivity index (χ0) is 11.8. The Morgan fingerprint density at radius 1 is 1.50 bits per heavy atom. The first-order valence-corrected chi connectivity index (χ1v) is 5.66. The van der Waals surface area contributed by atoms with Crippen LogP contribution < -0.4 is 5.32 Å². The number of ether oxygens (including phenoxy) is 1. The van der Waals surface area contributed by atoms with Gasteiger partial charge in [-0.05, 0) is 26.2 Å². The van der Waals surface area contributed by atoms with Gasteiger partial charge in [0.15, 0.2) is 0 Å². The van der Waals surface area contributed by atoms with Crippen molar-refractivity contribution in [1.29, 1.82) is 0 Å². The summed E-state index contributed by atoms with van der Waals surface area (Å²) in [7, 11) is 0. The van der Waals surface area contributed by atoms with Crippen molar-refractivity contribution >= 4 is 11.9 Å². The van der Waals surface area contributed by atoms with Gasteiger partial charge in [0, 0.05) is 13.2 Å². The molecule has 2 N–H and O–H groups in total. The van der Waals surface area contributed by atoms with Crippen LogP contribution in [-0.2, 0) is 14.3 Å². The fraction of sp³-hybridized carbons (Fsp3) is 0.818. The van der Waals surface area contributed by atoms with E-state index >= 15 is 0 Å². The maximum atomic E-state index is 11.6. The van der Waals surface area contributed by atoms with Crippen molar-refractivity contribution in [2.75, 3.05) is 13.2 Å². The molecule has 2 fully saturated rings. The Kier molecular flexibility index (Phi) is 2.88. The maximum Gasteiger partial charge on any atom is 0.307 e. The van der Waals surface area contributed by atoms with E-state index < -0.39 is 11.9 Å². The summed E-state index contributed by atoms with van der Waals surface area (Å²) < 4.78 is 5.53. The normalized spacial score (nSPS) is 37.1. The van der Waals surface area contributed by atoms with Gasteiger partial charge in [0.25, 0.3) is 0 Å². The molecule has 1 aliphatic heterocycles. The number of amides is 1. The summed E-state index contributed by atoms with van der Waals surface area (Å²) in [5.41, 5.74) is -0.261. The average molecular weight is 227 g/mol. The van der Waals surface area contributed by atoms with Crippen LogP contribution in [0.5, 0.6) is 0 Å². The van der Waals surface area contributed by atoms with E-state index in [1.54, 1.807) is 0 Å². The van der Waals surface area contributed by atoms with E-state index in [0.29, 0.717) is 13.0 Å². The molecule has 3 atom stereocenters. The lowest BCUT2D eigenvalue weighted by Gasteiger charge is -2.23. The molecule has 0 radical (unpaired) electrons. The van der Waals surface area contributed by atoms with Gasteiger partial charge in [-0.2, -0.15) is 0 Å². The fourth-order valence-electron chi connectivity index (χ4n) is 2.14. The Morgan fingerprint density at radius 3 is 2.75 bits per heavy atom. The highest BCUT2D eigenvalue weighted by molar-refractivity contribution is 5.89. The average Bonchev–Trinajstić information content (AvgIpc) is 2.93. The smallest absolute Gasteiger partial charge is 0.307 e. The van der Waals surface area contributed by atoms with Crippen LogP contribution in [0, 0.1) is 11.8 Å². The summed E-state index contributed by atoms with van der Waals surface area (Å²) in [6.07, 6.45) is 2.44. The molecular formula is C11H17NO4. The molecule has 5 nitrogen and oxygen atoms in total. The molecule has 0 spiro atoms. The molecule has 1 heterocycles. The molecule has 2 rings (SSSR count). The Hall–Kier alpha value is -1.10. The standard InChI is InChI=1S/C11H17NO4/c1-11(3-2-4-16-11)6-12-9(13)7-5-8(7)10(14)15/h7-8H,2-6H2,1H3,(H,12,13)(H,14,15)/t7-,8+,11?/m1/s1. The number of nitrogens with one attached hydrogen (secondary N) is 1. The largest absolute Gasteiger partial charge is 0.481 e. The summed E-state index contributed by atoms with van der Waals surface area (Å²) >= 11 is 0. The summed E-state index contributed by atoms with van der Waals surface area (Å²) in [4.78, 5) is 22.2. The minimum absolute atomic E-state index is 0.149. The van der Waals surface area contributed by atoms with Gasteiger partial charge in [-0.3, -0.25) is 9.59 Å². The molecule has 1 unspecified atom stereocenters. The van der Waals surface area contributed by atoms with Crippen molar-refractivity contribution in [1.82, 2.24) is 5.32 Å². The number of hydrogen-bond donors (Lipinski definition) is 2. The Morgan fingerprint density at radius 2 is 2.25 bits per heavy atom. The fourth-order valence-corrected chi connectivity index (χ4v) is 2.14. The van der Waals surface area contributed by atoms with Crippen LogP contribution in [0.15, 0.2) is 0 Å². The summed E-state index contributed by atoms with van der Waals surface area (Å²) in [5.74, 6) is -1.83.